The molecule has 1 heterocycles. The van der Waals surface area contributed by atoms with Gasteiger partial charge in [0.1, 0.15) is 0 Å². The molecule has 0 saturated heterocycles. The zero-order chi connectivity index (χ0) is 14.0. The third-order valence-electron chi connectivity index (χ3n) is 3.46. The topological polar surface area (TPSA) is 38.1 Å². The summed E-state index contributed by atoms with van der Waals surface area (Å²) in [5.41, 5.74) is 1.84. The van der Waals surface area contributed by atoms with Crippen LogP contribution in [-0.4, -0.2) is 35.1 Å². The summed E-state index contributed by atoms with van der Waals surface area (Å²) in [5, 5.41) is 0.738. The first-order chi connectivity index (χ1) is 9.04. The summed E-state index contributed by atoms with van der Waals surface area (Å²) in [6.07, 6.45) is 2.60. The van der Waals surface area contributed by atoms with Crippen LogP contribution < -0.4 is 5.56 Å². The zero-order valence-corrected chi connectivity index (χ0v) is 12.1. The van der Waals surface area contributed by atoms with Gasteiger partial charge in [0.15, 0.2) is 0 Å². The molecule has 0 fully saturated rings. The van der Waals surface area contributed by atoms with Crippen molar-refractivity contribution in [1.29, 1.82) is 0 Å². The Balaban J connectivity index is 2.59. The Kier molecular flexibility index (Phi) is 4.00. The first kappa shape index (κ1) is 13.7. The third kappa shape index (κ3) is 2.68. The molecule has 0 N–H and O–H groups in total. The largest absolute Gasteiger partial charge is 0.307 e. The molecule has 1 atom stereocenters. The summed E-state index contributed by atoms with van der Waals surface area (Å²) in [5.74, 6) is 0. The average molecular weight is 259 g/mol. The smallest absolute Gasteiger partial charge is 0.261 e. The van der Waals surface area contributed by atoms with Crippen LogP contribution in [0.25, 0.3) is 10.9 Å². The fourth-order valence-corrected chi connectivity index (χ4v) is 2.44. The molecule has 1 aromatic carbocycles. The van der Waals surface area contributed by atoms with Crippen LogP contribution in [0.3, 0.4) is 0 Å². The minimum Gasteiger partial charge on any atom is -0.307 e. The first-order valence-corrected chi connectivity index (χ1v) is 6.65. The van der Waals surface area contributed by atoms with Gasteiger partial charge in [0.25, 0.3) is 5.56 Å². The molecule has 1 aromatic heterocycles. The van der Waals surface area contributed by atoms with Gasteiger partial charge in [-0.15, -0.1) is 0 Å². The van der Waals surface area contributed by atoms with Crippen LogP contribution in [0.4, 0.5) is 0 Å². The molecular formula is C15H21N3O. The molecule has 0 saturated carbocycles. The fourth-order valence-electron chi connectivity index (χ4n) is 2.44. The highest BCUT2D eigenvalue weighted by molar-refractivity contribution is 5.80. The van der Waals surface area contributed by atoms with Gasteiger partial charge in [-0.2, -0.15) is 0 Å². The van der Waals surface area contributed by atoms with Crippen LogP contribution in [0.2, 0.25) is 0 Å². The number of rotatable bonds is 4. The minimum absolute atomic E-state index is 0.0665. The summed E-state index contributed by atoms with van der Waals surface area (Å²) in [4.78, 5) is 19.2. The first-order valence-electron chi connectivity index (χ1n) is 6.65. The van der Waals surface area contributed by atoms with Crippen LogP contribution in [-0.2, 0) is 0 Å². The maximum atomic E-state index is 12.6. The summed E-state index contributed by atoms with van der Waals surface area (Å²) < 4.78 is 1.77. The molecule has 0 bridgehead atoms. The average Bonchev–Trinajstić information content (AvgIpc) is 2.36. The van der Waals surface area contributed by atoms with Crippen molar-refractivity contribution in [2.24, 2.45) is 0 Å². The molecule has 0 radical (unpaired) electrons. The van der Waals surface area contributed by atoms with E-state index in [4.69, 9.17) is 0 Å². The Labute approximate surface area is 113 Å². The Morgan fingerprint density at radius 1 is 1.37 bits per heavy atom. The van der Waals surface area contributed by atoms with Crippen molar-refractivity contribution in [2.45, 2.75) is 26.3 Å². The molecule has 2 rings (SSSR count). The molecule has 4 nitrogen and oxygen atoms in total. The van der Waals surface area contributed by atoms with E-state index in [0.29, 0.717) is 0 Å². The van der Waals surface area contributed by atoms with Crippen LogP contribution in [0.5, 0.6) is 0 Å². The second kappa shape index (κ2) is 5.53. The molecule has 0 unspecified atom stereocenters. The van der Waals surface area contributed by atoms with Gasteiger partial charge in [0, 0.05) is 6.54 Å². The van der Waals surface area contributed by atoms with Crippen molar-refractivity contribution in [3.63, 3.8) is 0 Å². The van der Waals surface area contributed by atoms with Crippen LogP contribution >= 0.6 is 0 Å². The zero-order valence-electron chi connectivity index (χ0n) is 12.1. The Hall–Kier alpha value is -1.68. The molecule has 0 aliphatic heterocycles. The van der Waals surface area contributed by atoms with Gasteiger partial charge < -0.3 is 4.90 Å². The van der Waals surface area contributed by atoms with Gasteiger partial charge in [-0.1, -0.05) is 19.1 Å². The predicted octanol–water partition coefficient (Wildman–Crippen LogP) is 2.22. The van der Waals surface area contributed by atoms with E-state index in [2.05, 4.69) is 16.8 Å². The van der Waals surface area contributed by atoms with Crippen molar-refractivity contribution < 1.29 is 0 Å². The van der Waals surface area contributed by atoms with Crippen molar-refractivity contribution in [1.82, 2.24) is 14.5 Å². The molecule has 0 amide bonds. The van der Waals surface area contributed by atoms with Crippen LogP contribution in [0.1, 0.15) is 24.9 Å². The van der Waals surface area contributed by atoms with Gasteiger partial charge in [0.05, 0.1) is 23.3 Å². The van der Waals surface area contributed by atoms with Crippen molar-refractivity contribution in [2.75, 3.05) is 20.6 Å². The van der Waals surface area contributed by atoms with Crippen LogP contribution in [0, 0.1) is 6.92 Å². The van der Waals surface area contributed by atoms with Crippen LogP contribution in [0.15, 0.2) is 29.3 Å². The summed E-state index contributed by atoms with van der Waals surface area (Å²) in [7, 11) is 4.04. The van der Waals surface area contributed by atoms with E-state index < -0.39 is 0 Å². The predicted molar refractivity (Wildman–Crippen MR) is 78.6 cm³/mol. The Bertz CT molecular complexity index is 631. The minimum atomic E-state index is 0.0665. The van der Waals surface area contributed by atoms with Gasteiger partial charge in [-0.25, -0.2) is 4.98 Å². The maximum absolute atomic E-state index is 12.6. The molecule has 2 aromatic rings. The lowest BCUT2D eigenvalue weighted by atomic mass is 10.1. The lowest BCUT2D eigenvalue weighted by Crippen LogP contribution is -2.32. The van der Waals surface area contributed by atoms with Gasteiger partial charge >= 0.3 is 0 Å². The third-order valence-corrected chi connectivity index (χ3v) is 3.46. The van der Waals surface area contributed by atoms with E-state index in [9.17, 15) is 4.79 Å². The van der Waals surface area contributed by atoms with Gasteiger partial charge in [0.2, 0.25) is 0 Å². The molecule has 102 valence electrons. The SMILES string of the molecule is CC[C@H](CN(C)C)n1cnc2cccc(C)c2c1=O. The summed E-state index contributed by atoms with van der Waals surface area (Å²) in [6, 6.07) is 5.95. The van der Waals surface area contributed by atoms with Crippen molar-refractivity contribution >= 4 is 10.9 Å². The normalized spacial score (nSPS) is 13.1. The highest BCUT2D eigenvalue weighted by Gasteiger charge is 2.14. The van der Waals surface area contributed by atoms with E-state index in [1.165, 1.54) is 0 Å². The number of aryl methyl sites for hydroxylation is 1. The number of aromatic nitrogens is 2. The second-order valence-corrected chi connectivity index (χ2v) is 5.25. The van der Waals surface area contributed by atoms with E-state index in [1.54, 1.807) is 10.9 Å². The number of fused-ring (bicyclic) bond motifs is 1. The molecule has 0 spiro atoms. The van der Waals surface area contributed by atoms with Gasteiger partial charge in [-0.05, 0) is 39.1 Å². The molecule has 0 aliphatic rings. The van der Waals surface area contributed by atoms with E-state index in [0.717, 1.165) is 29.4 Å². The van der Waals surface area contributed by atoms with E-state index in [-0.39, 0.29) is 11.6 Å². The highest BCUT2D eigenvalue weighted by atomic mass is 16.1. The van der Waals surface area contributed by atoms with Gasteiger partial charge in [-0.3, -0.25) is 9.36 Å². The number of hydrogen-bond acceptors (Lipinski definition) is 3. The van der Waals surface area contributed by atoms with E-state index in [1.807, 2.05) is 39.2 Å². The highest BCUT2D eigenvalue weighted by Crippen LogP contribution is 2.15. The second-order valence-electron chi connectivity index (χ2n) is 5.25. The molecule has 0 aliphatic carbocycles. The Morgan fingerprint density at radius 3 is 2.74 bits per heavy atom. The standard InChI is InChI=1S/C15H21N3O/c1-5-12(9-17(3)4)18-10-16-13-8-6-7-11(2)14(13)15(18)19/h6-8,10,12H,5,9H2,1-4H3/t12-/m1/s1. The number of hydrogen-bond donors (Lipinski definition) is 0. The molecule has 4 heteroatoms. The number of likely N-dealkylation sites (N-methyl/N-ethyl adjacent to an activating group) is 1. The number of nitrogens with zero attached hydrogens (tertiary/aromatic N) is 3. The quantitative estimate of drug-likeness (QED) is 0.845. The lowest BCUT2D eigenvalue weighted by molar-refractivity contribution is 0.311. The molecule has 19 heavy (non-hydrogen) atoms. The monoisotopic (exact) mass is 259 g/mol. The Morgan fingerprint density at radius 2 is 2.11 bits per heavy atom. The van der Waals surface area contributed by atoms with Crippen molar-refractivity contribution in [3.8, 4) is 0 Å². The summed E-state index contributed by atoms with van der Waals surface area (Å²) in [6.45, 7) is 4.90. The van der Waals surface area contributed by atoms with E-state index >= 15 is 0 Å². The fraction of sp³-hybridized carbons (Fsp3) is 0.467. The molecular weight excluding hydrogens is 238 g/mol. The number of benzene rings is 1. The lowest BCUT2D eigenvalue weighted by Gasteiger charge is -2.22. The summed E-state index contributed by atoms with van der Waals surface area (Å²) >= 11 is 0. The van der Waals surface area contributed by atoms with Crippen molar-refractivity contribution in [3.05, 3.63) is 40.4 Å². The maximum Gasteiger partial charge on any atom is 0.261 e.